The number of hydrogen-bond acceptors (Lipinski definition) is 7. The number of urea groups is 1. The molecule has 1 fully saturated rings. The number of imide groups is 1. The zero-order chi connectivity index (χ0) is 21.4. The van der Waals surface area contributed by atoms with Crippen LogP contribution in [-0.2, 0) is 20.8 Å². The Morgan fingerprint density at radius 1 is 1.31 bits per heavy atom. The SMILES string of the molecule is C[C@]1(N(NC(=O)N2CCOC2=O)OC(=O)CC(Cl)(Cl)Cl)Cc2ccccc2C1=O. The molecule has 1 saturated heterocycles. The number of ketones is 1. The maximum Gasteiger partial charge on any atom is 0.418 e. The lowest BCUT2D eigenvalue weighted by molar-refractivity contribution is -0.226. The summed E-state index contributed by atoms with van der Waals surface area (Å²) in [5, 5.41) is 0.710. The molecule has 1 heterocycles. The highest BCUT2D eigenvalue weighted by Gasteiger charge is 2.50. The quantitative estimate of drug-likeness (QED) is 0.539. The van der Waals surface area contributed by atoms with E-state index in [1.807, 2.05) is 0 Å². The minimum atomic E-state index is -1.94. The van der Waals surface area contributed by atoms with E-state index in [4.69, 9.17) is 44.4 Å². The van der Waals surface area contributed by atoms with Gasteiger partial charge in [-0.3, -0.25) is 9.59 Å². The first-order valence-corrected chi connectivity index (χ1v) is 9.60. The van der Waals surface area contributed by atoms with Crippen LogP contribution in [0.2, 0.25) is 0 Å². The number of hydrogen-bond donors (Lipinski definition) is 1. The Morgan fingerprint density at radius 2 is 2.00 bits per heavy atom. The van der Waals surface area contributed by atoms with E-state index in [1.54, 1.807) is 24.3 Å². The van der Waals surface area contributed by atoms with E-state index in [0.717, 1.165) is 4.90 Å². The summed E-state index contributed by atoms with van der Waals surface area (Å²) in [7, 11) is 0. The molecular formula is C17H16Cl3N3O6. The number of amides is 3. The molecule has 9 nitrogen and oxygen atoms in total. The summed E-state index contributed by atoms with van der Waals surface area (Å²) in [4.78, 5) is 55.4. The van der Waals surface area contributed by atoms with Crippen molar-refractivity contribution in [3.63, 3.8) is 0 Å². The number of carbonyl (C=O) groups excluding carboxylic acids is 4. The van der Waals surface area contributed by atoms with E-state index in [2.05, 4.69) is 5.43 Å². The Morgan fingerprint density at radius 3 is 2.59 bits per heavy atom. The van der Waals surface area contributed by atoms with Crippen LogP contribution in [0.5, 0.6) is 0 Å². The molecule has 3 rings (SSSR count). The molecule has 3 amide bonds. The third-order valence-electron chi connectivity index (χ3n) is 4.48. The van der Waals surface area contributed by atoms with Crippen molar-refractivity contribution in [2.45, 2.75) is 29.1 Å². The van der Waals surface area contributed by atoms with E-state index in [-0.39, 0.29) is 25.4 Å². The van der Waals surface area contributed by atoms with Gasteiger partial charge in [0, 0.05) is 12.0 Å². The van der Waals surface area contributed by atoms with Gasteiger partial charge in [-0.15, -0.1) is 0 Å². The smallest absolute Gasteiger partial charge is 0.418 e. The molecule has 0 unspecified atom stereocenters. The number of hydroxylamine groups is 1. The molecule has 1 aliphatic carbocycles. The molecule has 1 atom stereocenters. The van der Waals surface area contributed by atoms with Crippen LogP contribution in [0.1, 0.15) is 29.3 Å². The van der Waals surface area contributed by atoms with Crippen molar-refractivity contribution in [2.24, 2.45) is 0 Å². The van der Waals surface area contributed by atoms with Crippen LogP contribution >= 0.6 is 34.8 Å². The first kappa shape index (κ1) is 21.6. The van der Waals surface area contributed by atoms with Crippen molar-refractivity contribution < 1.29 is 28.8 Å². The fourth-order valence-corrected chi connectivity index (χ4v) is 3.40. The molecule has 1 N–H and O–H groups in total. The molecule has 0 radical (unpaired) electrons. The molecule has 1 aromatic rings. The fourth-order valence-electron chi connectivity index (χ4n) is 3.07. The minimum Gasteiger partial charge on any atom is -0.447 e. The van der Waals surface area contributed by atoms with Crippen molar-refractivity contribution in [2.75, 3.05) is 13.2 Å². The van der Waals surface area contributed by atoms with Gasteiger partial charge in [0.15, 0.2) is 5.78 Å². The molecule has 0 saturated carbocycles. The second kappa shape index (κ2) is 7.98. The van der Waals surface area contributed by atoms with Crippen LogP contribution in [0.4, 0.5) is 9.59 Å². The van der Waals surface area contributed by atoms with E-state index in [0.29, 0.717) is 16.3 Å². The summed E-state index contributed by atoms with van der Waals surface area (Å²) in [6.45, 7) is 1.52. The number of nitrogens with zero attached hydrogens (tertiary/aromatic N) is 2. The molecule has 29 heavy (non-hydrogen) atoms. The average Bonchev–Trinajstić information content (AvgIpc) is 3.15. The summed E-state index contributed by atoms with van der Waals surface area (Å²) in [6, 6.07) is 5.90. The Kier molecular flexibility index (Phi) is 5.96. The Bertz CT molecular complexity index is 874. The fraction of sp³-hybridized carbons (Fsp3) is 0.412. The summed E-state index contributed by atoms with van der Waals surface area (Å²) in [5.74, 6) is -1.39. The van der Waals surface area contributed by atoms with Crippen molar-refractivity contribution in [3.8, 4) is 0 Å². The van der Waals surface area contributed by atoms with Gasteiger partial charge >= 0.3 is 18.1 Å². The molecule has 0 bridgehead atoms. The summed E-state index contributed by atoms with van der Waals surface area (Å²) >= 11 is 16.9. The van der Waals surface area contributed by atoms with Crippen molar-refractivity contribution >= 4 is 58.7 Å². The molecule has 156 valence electrons. The molecule has 0 spiro atoms. The number of rotatable bonds is 4. The zero-order valence-corrected chi connectivity index (χ0v) is 17.4. The van der Waals surface area contributed by atoms with Gasteiger partial charge in [0.1, 0.15) is 12.1 Å². The van der Waals surface area contributed by atoms with Gasteiger partial charge in [0.2, 0.25) is 3.79 Å². The lowest BCUT2D eigenvalue weighted by Gasteiger charge is -2.35. The molecule has 2 aliphatic rings. The maximum atomic E-state index is 13.0. The van der Waals surface area contributed by atoms with Crippen LogP contribution < -0.4 is 5.43 Å². The number of alkyl halides is 3. The van der Waals surface area contributed by atoms with E-state index in [9.17, 15) is 19.2 Å². The van der Waals surface area contributed by atoms with Gasteiger partial charge in [-0.1, -0.05) is 59.1 Å². The van der Waals surface area contributed by atoms with E-state index < -0.39 is 33.8 Å². The predicted molar refractivity (Wildman–Crippen MR) is 102 cm³/mol. The van der Waals surface area contributed by atoms with Crippen LogP contribution in [0, 0.1) is 0 Å². The number of ether oxygens (including phenoxy) is 1. The molecular weight excluding hydrogens is 449 g/mol. The average molecular weight is 465 g/mol. The molecule has 1 aliphatic heterocycles. The van der Waals surface area contributed by atoms with Gasteiger partial charge in [-0.05, 0) is 17.7 Å². The van der Waals surface area contributed by atoms with Crippen molar-refractivity contribution in [1.82, 2.24) is 15.5 Å². The van der Waals surface area contributed by atoms with Crippen LogP contribution in [-0.4, -0.2) is 56.4 Å². The van der Waals surface area contributed by atoms with E-state index >= 15 is 0 Å². The number of hydrazine groups is 1. The van der Waals surface area contributed by atoms with Gasteiger partial charge in [0.25, 0.3) is 0 Å². The zero-order valence-electron chi connectivity index (χ0n) is 15.1. The van der Waals surface area contributed by atoms with Crippen LogP contribution in [0.3, 0.4) is 0 Å². The number of benzene rings is 1. The normalized spacial score (nSPS) is 21.2. The topological polar surface area (TPSA) is 105 Å². The highest BCUT2D eigenvalue weighted by molar-refractivity contribution is 6.68. The summed E-state index contributed by atoms with van der Waals surface area (Å²) < 4.78 is 2.78. The maximum absolute atomic E-state index is 13.0. The molecule has 12 heteroatoms. The number of carbonyl (C=O) groups is 4. The number of fused-ring (bicyclic) bond motifs is 1. The Labute approximate surface area is 180 Å². The second-order valence-corrected chi connectivity index (χ2v) is 9.19. The Balaban J connectivity index is 1.86. The lowest BCUT2D eigenvalue weighted by Crippen LogP contribution is -2.61. The van der Waals surface area contributed by atoms with Gasteiger partial charge in [-0.25, -0.2) is 19.9 Å². The van der Waals surface area contributed by atoms with Crippen LogP contribution in [0.15, 0.2) is 24.3 Å². The summed E-state index contributed by atoms with van der Waals surface area (Å²) in [5.41, 5.74) is 1.93. The third-order valence-corrected chi connectivity index (χ3v) is 4.88. The number of Topliss-reactive ketones (excluding diaryl/α,β-unsaturated/α-hetero) is 1. The van der Waals surface area contributed by atoms with E-state index in [1.165, 1.54) is 6.92 Å². The van der Waals surface area contributed by atoms with Gasteiger partial charge < -0.3 is 9.57 Å². The number of halogens is 3. The first-order chi connectivity index (χ1) is 13.5. The van der Waals surface area contributed by atoms with Gasteiger partial charge in [-0.2, -0.15) is 0 Å². The predicted octanol–water partition coefficient (Wildman–Crippen LogP) is 2.78. The third kappa shape index (κ3) is 4.58. The van der Waals surface area contributed by atoms with Crippen molar-refractivity contribution in [1.29, 1.82) is 0 Å². The van der Waals surface area contributed by atoms with Crippen molar-refractivity contribution in [3.05, 3.63) is 35.4 Å². The second-order valence-electron chi connectivity index (χ2n) is 6.67. The summed E-state index contributed by atoms with van der Waals surface area (Å²) in [6.07, 6.45) is -1.36. The minimum absolute atomic E-state index is 0.00545. The first-order valence-electron chi connectivity index (χ1n) is 8.47. The van der Waals surface area contributed by atoms with Crippen LogP contribution in [0.25, 0.3) is 0 Å². The highest BCUT2D eigenvalue weighted by atomic mass is 35.6. The monoisotopic (exact) mass is 463 g/mol. The number of nitrogens with one attached hydrogen (secondary N) is 1. The Hall–Kier alpha value is -2.07. The molecule has 0 aromatic heterocycles. The highest BCUT2D eigenvalue weighted by Crippen LogP contribution is 2.35. The largest absolute Gasteiger partial charge is 0.447 e. The molecule has 1 aromatic carbocycles. The standard InChI is InChI=1S/C17H16Cl3N3O6/c1-16(8-10-4-2-3-5-11(10)13(16)25)23(29-12(24)9-17(18,19)20)21-14(26)22-6-7-28-15(22)27/h2-5H,6-9H2,1H3,(H,21,26)/t16-/m0/s1. The van der Waals surface area contributed by atoms with Gasteiger partial charge in [0.05, 0.1) is 13.0 Å². The number of cyclic esters (lactones) is 1. The lowest BCUT2D eigenvalue weighted by atomic mass is 9.98.